The maximum Gasteiger partial charge on any atom is 0.330 e. The Kier molecular flexibility index (Phi) is 5.40. The molecule has 21 heavy (non-hydrogen) atoms. The Balaban J connectivity index is 2.27. The zero-order valence-electron chi connectivity index (χ0n) is 13.4. The van der Waals surface area contributed by atoms with Gasteiger partial charge in [-0.25, -0.2) is 4.79 Å². The van der Waals surface area contributed by atoms with Crippen molar-refractivity contribution in [2.24, 2.45) is 5.92 Å². The smallest absolute Gasteiger partial charge is 0.330 e. The zero-order chi connectivity index (χ0) is 15.3. The van der Waals surface area contributed by atoms with Gasteiger partial charge in [-0.3, -0.25) is 5.32 Å². The van der Waals surface area contributed by atoms with Crippen LogP contribution in [0.15, 0.2) is 24.3 Å². The fourth-order valence-corrected chi connectivity index (χ4v) is 2.69. The van der Waals surface area contributed by atoms with E-state index in [0.29, 0.717) is 13.0 Å². The molecule has 1 atom stereocenters. The lowest BCUT2D eigenvalue weighted by Crippen LogP contribution is -2.50. The Morgan fingerprint density at radius 3 is 2.38 bits per heavy atom. The SMILES string of the molecule is CCOC(=O)C(CC)(NCC1CC1)c1ccc(CC)cc1. The second-order valence-corrected chi connectivity index (χ2v) is 5.85. The molecule has 1 aromatic carbocycles. The van der Waals surface area contributed by atoms with Gasteiger partial charge in [-0.1, -0.05) is 38.1 Å². The molecule has 1 N–H and O–H groups in total. The number of aryl methyl sites for hydroxylation is 1. The molecule has 3 heteroatoms. The molecule has 2 rings (SSSR count). The van der Waals surface area contributed by atoms with Crippen LogP contribution in [-0.2, 0) is 21.5 Å². The fraction of sp³-hybridized carbons (Fsp3) is 0.611. The maximum absolute atomic E-state index is 12.6. The molecule has 0 amide bonds. The lowest BCUT2D eigenvalue weighted by atomic mass is 9.86. The minimum Gasteiger partial charge on any atom is -0.464 e. The molecule has 0 aromatic heterocycles. The van der Waals surface area contributed by atoms with Crippen LogP contribution in [0.1, 0.15) is 51.2 Å². The Labute approximate surface area is 128 Å². The van der Waals surface area contributed by atoms with E-state index in [1.54, 1.807) is 0 Å². The summed E-state index contributed by atoms with van der Waals surface area (Å²) in [5.74, 6) is 0.567. The second kappa shape index (κ2) is 7.08. The summed E-state index contributed by atoms with van der Waals surface area (Å²) in [7, 11) is 0. The molecule has 0 bridgehead atoms. The molecular formula is C18H27NO2. The van der Waals surface area contributed by atoms with Crippen molar-refractivity contribution < 1.29 is 9.53 Å². The number of hydrogen-bond acceptors (Lipinski definition) is 3. The first-order chi connectivity index (χ1) is 10.2. The maximum atomic E-state index is 12.6. The predicted molar refractivity (Wildman–Crippen MR) is 85.1 cm³/mol. The monoisotopic (exact) mass is 289 g/mol. The van der Waals surface area contributed by atoms with Crippen LogP contribution in [0, 0.1) is 5.92 Å². The fourth-order valence-electron chi connectivity index (χ4n) is 2.69. The number of carbonyl (C=O) groups excluding carboxylic acids is 1. The molecule has 1 aliphatic rings. The van der Waals surface area contributed by atoms with Gasteiger partial charge >= 0.3 is 5.97 Å². The first-order valence-electron chi connectivity index (χ1n) is 8.18. The van der Waals surface area contributed by atoms with Gasteiger partial charge in [0, 0.05) is 0 Å². The average molecular weight is 289 g/mol. The van der Waals surface area contributed by atoms with Gasteiger partial charge in [0.25, 0.3) is 0 Å². The van der Waals surface area contributed by atoms with Gasteiger partial charge in [0.15, 0.2) is 0 Å². The number of ether oxygens (including phenoxy) is 1. The van der Waals surface area contributed by atoms with Crippen molar-refractivity contribution in [3.05, 3.63) is 35.4 Å². The highest BCUT2D eigenvalue weighted by atomic mass is 16.5. The zero-order valence-corrected chi connectivity index (χ0v) is 13.4. The molecule has 0 heterocycles. The predicted octanol–water partition coefficient (Wildman–Crippen LogP) is 3.42. The minimum atomic E-state index is -0.704. The van der Waals surface area contributed by atoms with E-state index in [-0.39, 0.29) is 5.97 Å². The summed E-state index contributed by atoms with van der Waals surface area (Å²) >= 11 is 0. The summed E-state index contributed by atoms with van der Waals surface area (Å²) in [5, 5.41) is 3.51. The van der Waals surface area contributed by atoms with E-state index < -0.39 is 5.54 Å². The number of nitrogens with one attached hydrogen (secondary N) is 1. The molecule has 1 aliphatic carbocycles. The quantitative estimate of drug-likeness (QED) is 0.745. The van der Waals surface area contributed by atoms with Gasteiger partial charge < -0.3 is 4.74 Å². The van der Waals surface area contributed by atoms with Gasteiger partial charge in [-0.2, -0.15) is 0 Å². The van der Waals surface area contributed by atoms with Crippen LogP contribution in [0.5, 0.6) is 0 Å². The van der Waals surface area contributed by atoms with Crippen molar-refractivity contribution in [1.82, 2.24) is 5.32 Å². The largest absolute Gasteiger partial charge is 0.464 e. The van der Waals surface area contributed by atoms with E-state index >= 15 is 0 Å². The number of rotatable bonds is 8. The van der Waals surface area contributed by atoms with Crippen molar-refractivity contribution in [3.63, 3.8) is 0 Å². The molecule has 0 radical (unpaired) electrons. The van der Waals surface area contributed by atoms with E-state index in [1.807, 2.05) is 13.8 Å². The molecule has 0 spiro atoms. The van der Waals surface area contributed by atoms with Crippen molar-refractivity contribution in [2.75, 3.05) is 13.2 Å². The Bertz CT molecular complexity index is 465. The van der Waals surface area contributed by atoms with Gasteiger partial charge in [0.1, 0.15) is 5.54 Å². The topological polar surface area (TPSA) is 38.3 Å². The lowest BCUT2D eigenvalue weighted by molar-refractivity contribution is -0.152. The molecule has 116 valence electrons. The molecule has 1 unspecified atom stereocenters. The van der Waals surface area contributed by atoms with E-state index in [1.165, 1.54) is 18.4 Å². The highest BCUT2D eigenvalue weighted by molar-refractivity contribution is 5.82. The van der Waals surface area contributed by atoms with Gasteiger partial charge in [-0.05, 0) is 56.2 Å². The lowest BCUT2D eigenvalue weighted by Gasteiger charge is -2.32. The third-order valence-corrected chi connectivity index (χ3v) is 4.40. The van der Waals surface area contributed by atoms with Crippen LogP contribution >= 0.6 is 0 Å². The summed E-state index contributed by atoms with van der Waals surface area (Å²) in [4.78, 5) is 12.6. The normalized spacial score (nSPS) is 17.3. The number of benzene rings is 1. The van der Waals surface area contributed by atoms with Crippen LogP contribution in [0.4, 0.5) is 0 Å². The highest BCUT2D eigenvalue weighted by Crippen LogP contribution is 2.32. The number of esters is 1. The van der Waals surface area contributed by atoms with Crippen molar-refractivity contribution >= 4 is 5.97 Å². The molecule has 3 nitrogen and oxygen atoms in total. The Hall–Kier alpha value is -1.35. The Morgan fingerprint density at radius 1 is 1.24 bits per heavy atom. The van der Waals surface area contributed by atoms with E-state index in [0.717, 1.165) is 24.4 Å². The summed E-state index contributed by atoms with van der Waals surface area (Å²) in [6, 6.07) is 8.36. The number of hydrogen-bond donors (Lipinski definition) is 1. The summed E-state index contributed by atoms with van der Waals surface area (Å²) in [5.41, 5.74) is 1.60. The van der Waals surface area contributed by atoms with Crippen LogP contribution in [0.25, 0.3) is 0 Å². The average Bonchev–Trinajstić information content (AvgIpc) is 3.33. The molecule has 1 aromatic rings. The third kappa shape index (κ3) is 3.65. The Morgan fingerprint density at radius 2 is 1.90 bits per heavy atom. The van der Waals surface area contributed by atoms with Crippen molar-refractivity contribution in [2.45, 2.75) is 52.0 Å². The minimum absolute atomic E-state index is 0.155. The van der Waals surface area contributed by atoms with Gasteiger partial charge in [-0.15, -0.1) is 0 Å². The summed E-state index contributed by atoms with van der Waals surface area (Å²) in [6.45, 7) is 7.35. The standard InChI is InChI=1S/C18H27NO2/c1-4-14-9-11-16(12-10-14)18(5-2,17(20)21-6-3)19-13-15-7-8-15/h9-12,15,19H,4-8,13H2,1-3H3. The first-order valence-corrected chi connectivity index (χ1v) is 8.18. The van der Waals surface area contributed by atoms with Crippen LogP contribution in [0.2, 0.25) is 0 Å². The summed E-state index contributed by atoms with van der Waals surface area (Å²) in [6.07, 6.45) is 4.24. The third-order valence-electron chi connectivity index (χ3n) is 4.40. The van der Waals surface area contributed by atoms with Crippen LogP contribution in [0.3, 0.4) is 0 Å². The van der Waals surface area contributed by atoms with Gasteiger partial charge in [0.05, 0.1) is 6.61 Å². The number of carbonyl (C=O) groups is 1. The van der Waals surface area contributed by atoms with Crippen molar-refractivity contribution in [1.29, 1.82) is 0 Å². The molecule has 1 saturated carbocycles. The molecule has 1 fully saturated rings. The first kappa shape index (κ1) is 16.0. The molecule has 0 aliphatic heterocycles. The van der Waals surface area contributed by atoms with Crippen LogP contribution < -0.4 is 5.32 Å². The van der Waals surface area contributed by atoms with E-state index in [2.05, 4.69) is 36.5 Å². The van der Waals surface area contributed by atoms with Gasteiger partial charge in [0.2, 0.25) is 0 Å². The second-order valence-electron chi connectivity index (χ2n) is 5.85. The molecule has 0 saturated heterocycles. The highest BCUT2D eigenvalue weighted by Gasteiger charge is 2.41. The molecular weight excluding hydrogens is 262 g/mol. The van der Waals surface area contributed by atoms with Crippen LogP contribution in [-0.4, -0.2) is 19.1 Å². The van der Waals surface area contributed by atoms with Crippen molar-refractivity contribution in [3.8, 4) is 0 Å². The summed E-state index contributed by atoms with van der Waals surface area (Å²) < 4.78 is 5.36. The van der Waals surface area contributed by atoms with E-state index in [9.17, 15) is 4.79 Å². The van der Waals surface area contributed by atoms with E-state index in [4.69, 9.17) is 4.74 Å².